The van der Waals surface area contributed by atoms with Crippen molar-refractivity contribution in [2.24, 2.45) is 11.8 Å². The van der Waals surface area contributed by atoms with Crippen molar-refractivity contribution in [1.29, 1.82) is 0 Å². The van der Waals surface area contributed by atoms with Crippen molar-refractivity contribution in [2.45, 2.75) is 40.2 Å². The molecule has 1 aliphatic rings. The molecule has 3 aromatic heterocycles. The molecule has 4 heterocycles. The molecule has 0 unspecified atom stereocenters. The van der Waals surface area contributed by atoms with Crippen molar-refractivity contribution < 1.29 is 4.79 Å². The van der Waals surface area contributed by atoms with Gasteiger partial charge in [-0.3, -0.25) is 14.0 Å². The number of rotatable bonds is 3. The Morgan fingerprint density at radius 2 is 2.00 bits per heavy atom. The molecule has 0 saturated carbocycles. The van der Waals surface area contributed by atoms with Gasteiger partial charge >= 0.3 is 0 Å². The van der Waals surface area contributed by atoms with Gasteiger partial charge in [0.25, 0.3) is 5.56 Å². The minimum Gasteiger partial charge on any atom is -0.341 e. The van der Waals surface area contributed by atoms with E-state index < -0.39 is 0 Å². The number of piperidine rings is 1. The van der Waals surface area contributed by atoms with Crippen LogP contribution in [0, 0.1) is 11.8 Å². The maximum absolute atomic E-state index is 12.9. The Morgan fingerprint density at radius 1 is 1.27 bits per heavy atom. The fourth-order valence-corrected chi connectivity index (χ4v) is 4.96. The van der Waals surface area contributed by atoms with Gasteiger partial charge < -0.3 is 4.90 Å². The molecule has 2 atom stereocenters. The van der Waals surface area contributed by atoms with Gasteiger partial charge in [-0.15, -0.1) is 11.3 Å². The Balaban J connectivity index is 1.71. The van der Waals surface area contributed by atoms with Crippen LogP contribution in [-0.4, -0.2) is 38.1 Å². The molecule has 7 heteroatoms. The van der Waals surface area contributed by atoms with Crippen LogP contribution < -0.4 is 5.56 Å². The molecule has 0 N–H and O–H groups in total. The predicted molar refractivity (Wildman–Crippen MR) is 104 cm³/mol. The highest BCUT2D eigenvalue weighted by Crippen LogP contribution is 2.25. The number of likely N-dealkylation sites (tertiary alicyclic amines) is 1. The number of hydrogen-bond donors (Lipinski definition) is 0. The zero-order valence-electron chi connectivity index (χ0n) is 15.4. The van der Waals surface area contributed by atoms with E-state index in [2.05, 4.69) is 18.9 Å². The fraction of sp³-hybridized carbons (Fsp3) is 0.526. The standard InChI is InChI=1S/C19H24N4O2S/c1-4-17-20-22(11-18(24)21-9-12(2)7-13(3)10-21)19(25)15-8-16-14(23(15)17)5-6-26-16/h5-6,8,12-13H,4,7,9-11H2,1-3H3/t12-,13+. The number of thiophene rings is 1. The van der Waals surface area contributed by atoms with E-state index >= 15 is 0 Å². The monoisotopic (exact) mass is 372 g/mol. The first-order valence-electron chi connectivity index (χ1n) is 9.24. The molecule has 3 aromatic rings. The van der Waals surface area contributed by atoms with Gasteiger partial charge in [-0.25, -0.2) is 4.68 Å². The zero-order chi connectivity index (χ0) is 18.4. The third kappa shape index (κ3) is 2.84. The highest BCUT2D eigenvalue weighted by molar-refractivity contribution is 7.17. The predicted octanol–water partition coefficient (Wildman–Crippen LogP) is 2.78. The zero-order valence-corrected chi connectivity index (χ0v) is 16.3. The lowest BCUT2D eigenvalue weighted by molar-refractivity contribution is -0.134. The third-order valence-electron chi connectivity index (χ3n) is 5.19. The molecule has 1 fully saturated rings. The number of amides is 1. The SMILES string of the molecule is CCc1nn(CC(=O)N2C[C@H](C)C[C@H](C)C2)c(=O)c2cc3sccc3n12. The third-order valence-corrected chi connectivity index (χ3v) is 6.05. The number of hydrogen-bond acceptors (Lipinski definition) is 4. The summed E-state index contributed by atoms with van der Waals surface area (Å²) in [5, 5.41) is 6.54. The van der Waals surface area contributed by atoms with E-state index in [4.69, 9.17) is 0 Å². The summed E-state index contributed by atoms with van der Waals surface area (Å²) in [5.41, 5.74) is 1.42. The van der Waals surface area contributed by atoms with Gasteiger partial charge in [0, 0.05) is 19.5 Å². The molecule has 0 radical (unpaired) electrons. The van der Waals surface area contributed by atoms with Gasteiger partial charge in [0.15, 0.2) is 0 Å². The van der Waals surface area contributed by atoms with E-state index in [0.29, 0.717) is 23.8 Å². The molecule has 138 valence electrons. The average Bonchev–Trinajstić information content (AvgIpc) is 3.18. The summed E-state index contributed by atoms with van der Waals surface area (Å²) in [7, 11) is 0. The van der Waals surface area contributed by atoms with E-state index in [1.54, 1.807) is 11.3 Å². The minimum absolute atomic E-state index is 0.0145. The Morgan fingerprint density at radius 3 is 2.69 bits per heavy atom. The van der Waals surface area contributed by atoms with E-state index in [0.717, 1.165) is 35.6 Å². The quantitative estimate of drug-likeness (QED) is 0.710. The van der Waals surface area contributed by atoms with Crippen LogP contribution in [0.2, 0.25) is 0 Å². The van der Waals surface area contributed by atoms with E-state index in [1.807, 2.05) is 33.7 Å². The molecule has 1 aliphatic heterocycles. The van der Waals surface area contributed by atoms with E-state index in [9.17, 15) is 9.59 Å². The van der Waals surface area contributed by atoms with Crippen LogP contribution in [0.4, 0.5) is 0 Å². The van der Waals surface area contributed by atoms with Crippen LogP contribution in [0.25, 0.3) is 15.7 Å². The van der Waals surface area contributed by atoms with Crippen molar-refractivity contribution in [3.63, 3.8) is 0 Å². The minimum atomic E-state index is -0.197. The molecule has 0 aliphatic carbocycles. The molecule has 0 bridgehead atoms. The Labute approximate surface area is 156 Å². The highest BCUT2D eigenvalue weighted by atomic mass is 32.1. The van der Waals surface area contributed by atoms with Crippen LogP contribution >= 0.6 is 11.3 Å². The number of fused-ring (bicyclic) bond motifs is 3. The second-order valence-electron chi connectivity index (χ2n) is 7.51. The van der Waals surface area contributed by atoms with Crippen molar-refractivity contribution in [1.82, 2.24) is 19.1 Å². The van der Waals surface area contributed by atoms with Crippen LogP contribution in [0.5, 0.6) is 0 Å². The Kier molecular flexibility index (Phi) is 4.34. The number of aryl methyl sites for hydroxylation is 1. The van der Waals surface area contributed by atoms with Crippen molar-refractivity contribution >= 4 is 33.0 Å². The molecule has 1 amide bonds. The number of carbonyl (C=O) groups excluding carboxylic acids is 1. The lowest BCUT2D eigenvalue weighted by atomic mass is 9.92. The van der Waals surface area contributed by atoms with Gasteiger partial charge in [-0.2, -0.15) is 5.10 Å². The molecule has 26 heavy (non-hydrogen) atoms. The normalized spacial score (nSPS) is 21.0. The lowest BCUT2D eigenvalue weighted by Crippen LogP contribution is -2.45. The second kappa shape index (κ2) is 6.54. The molecule has 4 rings (SSSR count). The van der Waals surface area contributed by atoms with Crippen LogP contribution in [-0.2, 0) is 17.8 Å². The summed E-state index contributed by atoms with van der Waals surface area (Å²) in [6, 6.07) is 3.93. The number of aromatic nitrogens is 3. The highest BCUT2D eigenvalue weighted by Gasteiger charge is 2.26. The average molecular weight is 372 g/mol. The molecular formula is C19H24N4O2S. The largest absolute Gasteiger partial charge is 0.341 e. The summed E-state index contributed by atoms with van der Waals surface area (Å²) in [6.07, 6.45) is 1.84. The summed E-state index contributed by atoms with van der Waals surface area (Å²) in [5.74, 6) is 1.79. The maximum Gasteiger partial charge on any atom is 0.291 e. The van der Waals surface area contributed by atoms with Crippen molar-refractivity contribution in [2.75, 3.05) is 13.1 Å². The van der Waals surface area contributed by atoms with Crippen LogP contribution in [0.3, 0.4) is 0 Å². The maximum atomic E-state index is 12.9. The van der Waals surface area contributed by atoms with Gasteiger partial charge in [-0.1, -0.05) is 20.8 Å². The first-order chi connectivity index (χ1) is 12.5. The van der Waals surface area contributed by atoms with Gasteiger partial charge in [-0.05, 0) is 35.8 Å². The molecule has 0 aromatic carbocycles. The summed E-state index contributed by atoms with van der Waals surface area (Å²) in [4.78, 5) is 27.6. The summed E-state index contributed by atoms with van der Waals surface area (Å²) in [6.45, 7) is 7.92. The molecule has 1 saturated heterocycles. The Bertz CT molecular complexity index is 1020. The van der Waals surface area contributed by atoms with Crippen LogP contribution in [0.1, 0.15) is 33.0 Å². The number of carbonyl (C=O) groups is 1. The van der Waals surface area contributed by atoms with E-state index in [-0.39, 0.29) is 18.0 Å². The van der Waals surface area contributed by atoms with Gasteiger partial charge in [0.05, 0.1) is 10.2 Å². The Hall–Kier alpha value is -2.15. The van der Waals surface area contributed by atoms with Crippen LogP contribution in [0.15, 0.2) is 22.3 Å². The molecule has 0 spiro atoms. The van der Waals surface area contributed by atoms with Crippen molar-refractivity contribution in [3.05, 3.63) is 33.7 Å². The molecular weight excluding hydrogens is 348 g/mol. The topological polar surface area (TPSA) is 59.6 Å². The number of nitrogens with zero attached hydrogens (tertiary/aromatic N) is 4. The summed E-state index contributed by atoms with van der Waals surface area (Å²) < 4.78 is 4.35. The molecule has 6 nitrogen and oxygen atoms in total. The van der Waals surface area contributed by atoms with Gasteiger partial charge in [0.1, 0.15) is 17.9 Å². The first kappa shape index (κ1) is 17.3. The first-order valence-corrected chi connectivity index (χ1v) is 10.1. The summed E-state index contributed by atoms with van der Waals surface area (Å²) >= 11 is 1.61. The van der Waals surface area contributed by atoms with Gasteiger partial charge in [0.2, 0.25) is 5.91 Å². The lowest BCUT2D eigenvalue weighted by Gasteiger charge is -2.35. The fourth-order valence-electron chi connectivity index (χ4n) is 4.15. The van der Waals surface area contributed by atoms with Crippen molar-refractivity contribution in [3.8, 4) is 0 Å². The smallest absolute Gasteiger partial charge is 0.291 e. The van der Waals surface area contributed by atoms with E-state index in [1.165, 1.54) is 4.68 Å². The second-order valence-corrected chi connectivity index (χ2v) is 8.46.